The largest absolute Gasteiger partial charge is 0.496 e. The van der Waals surface area contributed by atoms with Gasteiger partial charge in [0.05, 0.1) is 19.3 Å². The van der Waals surface area contributed by atoms with Crippen molar-refractivity contribution in [3.63, 3.8) is 0 Å². The number of nitrogens with one attached hydrogen (secondary N) is 1. The van der Waals surface area contributed by atoms with Crippen LogP contribution in [-0.2, 0) is 6.54 Å². The maximum absolute atomic E-state index is 12.6. The van der Waals surface area contributed by atoms with Gasteiger partial charge in [-0.15, -0.1) is 0 Å². The number of carbonyl (C=O) groups excluding carboxylic acids is 1. The van der Waals surface area contributed by atoms with E-state index in [9.17, 15) is 4.79 Å². The summed E-state index contributed by atoms with van der Waals surface area (Å²) in [5.41, 5.74) is 1.69. The minimum Gasteiger partial charge on any atom is -0.496 e. The first-order valence-electron chi connectivity index (χ1n) is 7.76. The number of urea groups is 1. The molecule has 3 aromatic rings. The van der Waals surface area contributed by atoms with E-state index in [4.69, 9.17) is 4.74 Å². The third kappa shape index (κ3) is 3.91. The van der Waals surface area contributed by atoms with Crippen molar-refractivity contribution in [2.45, 2.75) is 6.54 Å². The lowest BCUT2D eigenvalue weighted by Crippen LogP contribution is -2.31. The normalized spacial score (nSPS) is 10.5. The van der Waals surface area contributed by atoms with Crippen molar-refractivity contribution in [2.24, 2.45) is 0 Å². The third-order valence-electron chi connectivity index (χ3n) is 3.92. The van der Waals surface area contributed by atoms with Crippen molar-refractivity contribution in [2.75, 3.05) is 19.5 Å². The first-order chi connectivity index (χ1) is 12.1. The molecule has 0 saturated heterocycles. The van der Waals surface area contributed by atoms with E-state index in [1.807, 2.05) is 42.5 Å². The van der Waals surface area contributed by atoms with E-state index >= 15 is 0 Å². The molecule has 128 valence electrons. The Morgan fingerprint density at radius 2 is 2.12 bits per heavy atom. The predicted molar refractivity (Wildman–Crippen MR) is 103 cm³/mol. The molecule has 25 heavy (non-hydrogen) atoms. The van der Waals surface area contributed by atoms with Gasteiger partial charge in [-0.1, -0.05) is 28.1 Å². The van der Waals surface area contributed by atoms with E-state index in [0.717, 1.165) is 32.2 Å². The maximum Gasteiger partial charge on any atom is 0.321 e. The first kappa shape index (κ1) is 17.2. The molecule has 1 heterocycles. The fraction of sp³-hybridized carbons (Fsp3) is 0.158. The first-order valence-corrected chi connectivity index (χ1v) is 8.55. The second kappa shape index (κ2) is 7.53. The molecule has 0 fully saturated rings. The number of benzene rings is 2. The van der Waals surface area contributed by atoms with Crippen LogP contribution in [0.3, 0.4) is 0 Å². The van der Waals surface area contributed by atoms with Crippen molar-refractivity contribution in [3.05, 3.63) is 64.9 Å². The predicted octanol–water partition coefficient (Wildman–Crippen LogP) is 4.67. The molecule has 0 radical (unpaired) electrons. The van der Waals surface area contributed by atoms with Gasteiger partial charge in [-0.05, 0) is 30.3 Å². The number of amides is 2. The quantitative estimate of drug-likeness (QED) is 0.693. The molecule has 3 rings (SSSR count). The van der Waals surface area contributed by atoms with Gasteiger partial charge in [0.25, 0.3) is 0 Å². The van der Waals surface area contributed by atoms with Gasteiger partial charge in [-0.25, -0.2) is 4.79 Å². The SMILES string of the molecule is COc1ccc(Br)cc1CN(C)C(=O)Nc1cccc2cnccc12. The molecule has 0 atom stereocenters. The van der Waals surface area contributed by atoms with Gasteiger partial charge in [0.1, 0.15) is 5.75 Å². The molecule has 1 N–H and O–H groups in total. The van der Waals surface area contributed by atoms with Crippen LogP contribution in [0.15, 0.2) is 59.3 Å². The van der Waals surface area contributed by atoms with E-state index in [2.05, 4.69) is 26.2 Å². The molecular weight excluding hydrogens is 382 g/mol. The minimum absolute atomic E-state index is 0.189. The number of aromatic nitrogens is 1. The Morgan fingerprint density at radius 3 is 2.92 bits per heavy atom. The van der Waals surface area contributed by atoms with Crippen LogP contribution in [0.1, 0.15) is 5.56 Å². The van der Waals surface area contributed by atoms with E-state index < -0.39 is 0 Å². The van der Waals surface area contributed by atoms with Gasteiger partial charge in [0.15, 0.2) is 0 Å². The van der Waals surface area contributed by atoms with Crippen LogP contribution in [0.5, 0.6) is 5.75 Å². The number of halogens is 1. The fourth-order valence-electron chi connectivity index (χ4n) is 2.64. The van der Waals surface area contributed by atoms with Gasteiger partial charge >= 0.3 is 6.03 Å². The molecule has 1 aromatic heterocycles. The summed E-state index contributed by atoms with van der Waals surface area (Å²) in [5.74, 6) is 0.749. The lowest BCUT2D eigenvalue weighted by molar-refractivity contribution is 0.220. The zero-order chi connectivity index (χ0) is 17.8. The van der Waals surface area contributed by atoms with Gasteiger partial charge in [0, 0.05) is 40.2 Å². The molecule has 0 aliphatic heterocycles. The molecule has 0 saturated carbocycles. The second-order valence-corrected chi connectivity index (χ2v) is 6.56. The number of hydrogen-bond donors (Lipinski definition) is 1. The molecule has 2 amide bonds. The molecule has 2 aromatic carbocycles. The number of hydrogen-bond acceptors (Lipinski definition) is 3. The number of fused-ring (bicyclic) bond motifs is 1. The maximum atomic E-state index is 12.6. The van der Waals surface area contributed by atoms with Crippen LogP contribution in [0.4, 0.5) is 10.5 Å². The minimum atomic E-state index is -0.189. The number of anilines is 1. The molecule has 0 unspecified atom stereocenters. The zero-order valence-corrected chi connectivity index (χ0v) is 15.6. The van der Waals surface area contributed by atoms with Gasteiger partial charge in [0.2, 0.25) is 0 Å². The Bertz CT molecular complexity index is 909. The summed E-state index contributed by atoms with van der Waals surface area (Å²) in [4.78, 5) is 18.3. The third-order valence-corrected chi connectivity index (χ3v) is 4.41. The van der Waals surface area contributed by atoms with E-state index in [1.165, 1.54) is 0 Å². The highest BCUT2D eigenvalue weighted by Crippen LogP contribution is 2.25. The number of carbonyl (C=O) groups is 1. The number of nitrogens with zero attached hydrogens (tertiary/aromatic N) is 2. The van der Waals surface area contributed by atoms with Gasteiger partial charge < -0.3 is 15.0 Å². The van der Waals surface area contributed by atoms with Crippen LogP contribution in [0.2, 0.25) is 0 Å². The summed E-state index contributed by atoms with van der Waals surface area (Å²) in [7, 11) is 3.37. The Labute approximate surface area is 154 Å². The van der Waals surface area contributed by atoms with Crippen LogP contribution in [-0.4, -0.2) is 30.1 Å². The van der Waals surface area contributed by atoms with Crippen LogP contribution in [0, 0.1) is 0 Å². The topological polar surface area (TPSA) is 54.5 Å². The van der Waals surface area contributed by atoms with E-state index in [1.54, 1.807) is 31.5 Å². The van der Waals surface area contributed by atoms with Crippen molar-refractivity contribution in [3.8, 4) is 5.75 Å². The fourth-order valence-corrected chi connectivity index (χ4v) is 3.05. The average molecular weight is 400 g/mol. The Morgan fingerprint density at radius 1 is 1.28 bits per heavy atom. The van der Waals surface area contributed by atoms with Crippen molar-refractivity contribution in [1.82, 2.24) is 9.88 Å². The molecule has 0 spiro atoms. The summed E-state index contributed by atoms with van der Waals surface area (Å²) in [5, 5.41) is 4.90. The van der Waals surface area contributed by atoms with Crippen LogP contribution < -0.4 is 10.1 Å². The molecule has 0 aliphatic carbocycles. The van der Waals surface area contributed by atoms with Crippen molar-refractivity contribution in [1.29, 1.82) is 0 Å². The number of pyridine rings is 1. The number of methoxy groups -OCH3 is 1. The summed E-state index contributed by atoms with van der Waals surface area (Å²) < 4.78 is 6.31. The van der Waals surface area contributed by atoms with Crippen LogP contribution in [0.25, 0.3) is 10.8 Å². The standard InChI is InChI=1S/C19H18BrN3O2/c1-23(12-14-10-15(20)6-7-18(14)25-2)19(24)22-17-5-3-4-13-11-21-9-8-16(13)17/h3-11H,12H2,1-2H3,(H,22,24). The molecular formula is C19H18BrN3O2. The molecule has 0 aliphatic rings. The summed E-state index contributed by atoms with van der Waals surface area (Å²) >= 11 is 3.45. The monoisotopic (exact) mass is 399 g/mol. The van der Waals surface area contributed by atoms with E-state index in [-0.39, 0.29) is 6.03 Å². The van der Waals surface area contributed by atoms with Gasteiger partial charge in [-0.2, -0.15) is 0 Å². The summed E-state index contributed by atoms with van der Waals surface area (Å²) in [6, 6.07) is 13.2. The second-order valence-electron chi connectivity index (χ2n) is 5.64. The van der Waals surface area contributed by atoms with Crippen molar-refractivity contribution < 1.29 is 9.53 Å². The van der Waals surface area contributed by atoms with Gasteiger partial charge in [-0.3, -0.25) is 4.98 Å². The Balaban J connectivity index is 1.78. The highest BCUT2D eigenvalue weighted by atomic mass is 79.9. The number of ether oxygens (including phenoxy) is 1. The van der Waals surface area contributed by atoms with E-state index in [0.29, 0.717) is 6.54 Å². The lowest BCUT2D eigenvalue weighted by atomic mass is 10.1. The lowest BCUT2D eigenvalue weighted by Gasteiger charge is -2.20. The zero-order valence-electron chi connectivity index (χ0n) is 14.0. The number of rotatable bonds is 4. The smallest absolute Gasteiger partial charge is 0.321 e. The Kier molecular flexibility index (Phi) is 5.19. The highest BCUT2D eigenvalue weighted by molar-refractivity contribution is 9.10. The molecule has 5 nitrogen and oxygen atoms in total. The highest BCUT2D eigenvalue weighted by Gasteiger charge is 2.13. The molecule has 0 bridgehead atoms. The Hall–Kier alpha value is -2.60. The molecule has 6 heteroatoms. The average Bonchev–Trinajstić information content (AvgIpc) is 2.62. The van der Waals surface area contributed by atoms with Crippen molar-refractivity contribution >= 4 is 38.4 Å². The summed E-state index contributed by atoms with van der Waals surface area (Å²) in [6.45, 7) is 0.431. The van der Waals surface area contributed by atoms with Crippen LogP contribution >= 0.6 is 15.9 Å². The summed E-state index contributed by atoms with van der Waals surface area (Å²) in [6.07, 6.45) is 3.50.